The molecule has 5 rings (SSSR count). The van der Waals surface area contributed by atoms with Gasteiger partial charge in [0.2, 0.25) is 0 Å². The van der Waals surface area contributed by atoms with E-state index in [1.165, 1.54) is 11.1 Å². The van der Waals surface area contributed by atoms with Crippen LogP contribution in [-0.4, -0.2) is 44.7 Å². The van der Waals surface area contributed by atoms with Gasteiger partial charge in [0.1, 0.15) is 5.52 Å². The molecule has 3 heterocycles. The maximum Gasteiger partial charge on any atom is 0.337 e. The van der Waals surface area contributed by atoms with Gasteiger partial charge in [-0.2, -0.15) is 0 Å². The molecular formula is C25H25N5O2. The van der Waals surface area contributed by atoms with Crippen molar-refractivity contribution < 1.29 is 9.90 Å². The van der Waals surface area contributed by atoms with E-state index in [0.717, 1.165) is 47.6 Å². The molecule has 2 aromatic heterocycles. The summed E-state index contributed by atoms with van der Waals surface area (Å²) in [7, 11) is 0. The van der Waals surface area contributed by atoms with Crippen LogP contribution in [-0.2, 0) is 0 Å². The Bertz CT molecular complexity index is 1300. The average molecular weight is 428 g/mol. The first kappa shape index (κ1) is 20.2. The first-order valence-electron chi connectivity index (χ1n) is 10.8. The number of nitrogens with one attached hydrogen (secondary N) is 2. The van der Waals surface area contributed by atoms with E-state index in [9.17, 15) is 9.90 Å². The quantitative estimate of drug-likeness (QED) is 0.443. The van der Waals surface area contributed by atoms with Crippen LogP contribution in [0.1, 0.15) is 27.9 Å². The highest BCUT2D eigenvalue weighted by Gasteiger charge is 2.19. The number of nitrogens with zero attached hydrogens (tertiary/aromatic N) is 3. The lowest BCUT2D eigenvalue weighted by Crippen LogP contribution is -2.23. The molecule has 7 nitrogen and oxygen atoms in total. The minimum atomic E-state index is -0.945. The third-order valence-corrected chi connectivity index (χ3v) is 5.84. The summed E-state index contributed by atoms with van der Waals surface area (Å²) in [5.74, 6) is -0.945. The highest BCUT2D eigenvalue weighted by atomic mass is 16.4. The molecule has 32 heavy (non-hydrogen) atoms. The first-order chi connectivity index (χ1) is 15.5. The van der Waals surface area contributed by atoms with Gasteiger partial charge in [0, 0.05) is 30.0 Å². The number of aromatic nitrogens is 3. The van der Waals surface area contributed by atoms with E-state index in [4.69, 9.17) is 4.98 Å². The number of carbonyl (C=O) groups is 1. The lowest BCUT2D eigenvalue weighted by Gasteiger charge is -2.17. The Labute approximate surface area is 186 Å². The van der Waals surface area contributed by atoms with Crippen molar-refractivity contribution in [2.45, 2.75) is 26.3 Å². The maximum atomic E-state index is 11.8. The van der Waals surface area contributed by atoms with Gasteiger partial charge in [-0.15, -0.1) is 0 Å². The van der Waals surface area contributed by atoms with Gasteiger partial charge in [0.25, 0.3) is 0 Å². The van der Waals surface area contributed by atoms with Crippen molar-refractivity contribution in [3.63, 3.8) is 0 Å². The summed E-state index contributed by atoms with van der Waals surface area (Å²) in [6, 6.07) is 13.8. The molecule has 0 spiro atoms. The molecule has 1 atom stereocenters. The van der Waals surface area contributed by atoms with Gasteiger partial charge in [0.05, 0.1) is 23.1 Å². The summed E-state index contributed by atoms with van der Waals surface area (Å²) in [5, 5.41) is 16.4. The summed E-state index contributed by atoms with van der Waals surface area (Å²) in [4.78, 5) is 21.3. The van der Waals surface area contributed by atoms with Crippen molar-refractivity contribution in [1.82, 2.24) is 19.9 Å². The second-order valence-corrected chi connectivity index (χ2v) is 8.40. The number of carboxylic acids is 1. The van der Waals surface area contributed by atoms with Gasteiger partial charge >= 0.3 is 5.97 Å². The van der Waals surface area contributed by atoms with Crippen LogP contribution in [0.5, 0.6) is 0 Å². The molecule has 1 aliphatic rings. The van der Waals surface area contributed by atoms with Crippen molar-refractivity contribution >= 4 is 22.8 Å². The van der Waals surface area contributed by atoms with E-state index in [0.29, 0.717) is 5.69 Å². The molecule has 0 saturated carbocycles. The predicted octanol–water partition coefficient (Wildman–Crippen LogP) is 4.18. The first-order valence-corrected chi connectivity index (χ1v) is 10.8. The van der Waals surface area contributed by atoms with E-state index in [-0.39, 0.29) is 11.6 Å². The monoisotopic (exact) mass is 427 g/mol. The van der Waals surface area contributed by atoms with Crippen molar-refractivity contribution in [2.24, 2.45) is 0 Å². The van der Waals surface area contributed by atoms with Gasteiger partial charge in [-0.3, -0.25) is 9.55 Å². The van der Waals surface area contributed by atoms with E-state index in [1.54, 1.807) is 12.3 Å². The zero-order chi connectivity index (χ0) is 22.2. The molecule has 3 N–H and O–H groups in total. The van der Waals surface area contributed by atoms with Crippen molar-refractivity contribution in [3.05, 3.63) is 71.5 Å². The Kier molecular flexibility index (Phi) is 5.11. The Morgan fingerprint density at radius 1 is 1.16 bits per heavy atom. The number of rotatable bonds is 5. The van der Waals surface area contributed by atoms with Gasteiger partial charge < -0.3 is 15.7 Å². The second-order valence-electron chi connectivity index (χ2n) is 8.40. The van der Waals surface area contributed by atoms with Gasteiger partial charge in [-0.25, -0.2) is 9.78 Å². The van der Waals surface area contributed by atoms with E-state index < -0.39 is 5.97 Å². The van der Waals surface area contributed by atoms with Gasteiger partial charge in [-0.1, -0.05) is 17.2 Å². The van der Waals surface area contributed by atoms with Crippen molar-refractivity contribution in [1.29, 1.82) is 0 Å². The summed E-state index contributed by atoms with van der Waals surface area (Å²) in [5.41, 5.74) is 7.43. The summed E-state index contributed by atoms with van der Waals surface area (Å²) in [6.07, 6.45) is 4.68. The molecule has 1 saturated heterocycles. The lowest BCUT2D eigenvalue weighted by molar-refractivity contribution is 0.0698. The topological polar surface area (TPSA) is 92.1 Å². The molecule has 0 amide bonds. The SMILES string of the molecule is Cc1cc(C)cc(-c2cnc3ccn(-c4ccc(C(=O)O)c(N[C@@H]5CCNC5)c4)c3n2)c1. The number of carboxylic acid groups (broad SMARTS) is 1. The van der Waals surface area contributed by atoms with Crippen LogP contribution in [0, 0.1) is 13.8 Å². The van der Waals surface area contributed by atoms with Crippen LogP contribution >= 0.6 is 0 Å². The van der Waals surface area contributed by atoms with Crippen LogP contribution in [0.4, 0.5) is 5.69 Å². The minimum absolute atomic E-state index is 0.209. The zero-order valence-electron chi connectivity index (χ0n) is 18.1. The van der Waals surface area contributed by atoms with E-state index >= 15 is 0 Å². The van der Waals surface area contributed by atoms with Crippen molar-refractivity contribution in [2.75, 3.05) is 18.4 Å². The highest BCUT2D eigenvalue weighted by molar-refractivity contribution is 5.95. The van der Waals surface area contributed by atoms with Crippen LogP contribution in [0.25, 0.3) is 28.1 Å². The number of benzene rings is 2. The summed E-state index contributed by atoms with van der Waals surface area (Å²) >= 11 is 0. The van der Waals surface area contributed by atoms with Crippen LogP contribution in [0.15, 0.2) is 54.9 Å². The molecule has 162 valence electrons. The molecule has 0 radical (unpaired) electrons. The van der Waals surface area contributed by atoms with Gasteiger partial charge in [0.15, 0.2) is 5.65 Å². The standard InChI is InChI=1S/C25H25N5O2/c1-15-9-16(2)11-17(10-15)23-14-27-21-6-8-30(24(21)29-23)19-3-4-20(25(31)32)22(12-19)28-18-5-7-26-13-18/h3-4,6,8-12,14,18,26,28H,5,7,13H2,1-2H3,(H,31,32)/t18-/m1/s1. The average Bonchev–Trinajstić information content (AvgIpc) is 3.42. The Morgan fingerprint density at radius 3 is 2.69 bits per heavy atom. The molecule has 1 aliphatic heterocycles. The molecule has 0 aliphatic carbocycles. The molecule has 1 fully saturated rings. The number of aromatic carboxylic acids is 1. The van der Waals surface area contributed by atoms with Crippen molar-refractivity contribution in [3.8, 4) is 16.9 Å². The fourth-order valence-corrected chi connectivity index (χ4v) is 4.35. The lowest BCUT2D eigenvalue weighted by atomic mass is 10.1. The largest absolute Gasteiger partial charge is 0.478 e. The second kappa shape index (κ2) is 8.09. The normalized spacial score (nSPS) is 15.9. The highest BCUT2D eigenvalue weighted by Crippen LogP contribution is 2.27. The van der Waals surface area contributed by atoms with Crippen LogP contribution in [0.3, 0.4) is 0 Å². The predicted molar refractivity (Wildman–Crippen MR) is 126 cm³/mol. The van der Waals surface area contributed by atoms with Crippen LogP contribution in [0.2, 0.25) is 0 Å². The molecular weight excluding hydrogens is 402 g/mol. The number of hydrogen-bond donors (Lipinski definition) is 3. The number of hydrogen-bond acceptors (Lipinski definition) is 5. The molecule has 2 aromatic carbocycles. The smallest absolute Gasteiger partial charge is 0.337 e. The summed E-state index contributed by atoms with van der Waals surface area (Å²) in [6.45, 7) is 5.90. The number of anilines is 1. The molecule has 0 bridgehead atoms. The van der Waals surface area contributed by atoms with Gasteiger partial charge in [-0.05, 0) is 63.2 Å². The Hall–Kier alpha value is -3.71. The molecule has 4 aromatic rings. The Balaban J connectivity index is 1.58. The van der Waals surface area contributed by atoms with E-state index in [1.807, 2.05) is 29.0 Å². The number of fused-ring (bicyclic) bond motifs is 1. The third-order valence-electron chi connectivity index (χ3n) is 5.84. The Morgan fingerprint density at radius 2 is 1.97 bits per heavy atom. The molecule has 0 unspecified atom stereocenters. The summed E-state index contributed by atoms with van der Waals surface area (Å²) < 4.78 is 1.96. The fourth-order valence-electron chi connectivity index (χ4n) is 4.35. The third kappa shape index (κ3) is 3.83. The fraction of sp³-hybridized carbons (Fsp3) is 0.240. The number of aryl methyl sites for hydroxylation is 2. The van der Waals surface area contributed by atoms with Crippen LogP contribution < -0.4 is 10.6 Å². The van der Waals surface area contributed by atoms with E-state index in [2.05, 4.69) is 47.7 Å². The maximum absolute atomic E-state index is 11.8. The minimum Gasteiger partial charge on any atom is -0.478 e. The zero-order valence-corrected chi connectivity index (χ0v) is 18.1. The molecule has 7 heteroatoms.